The van der Waals surface area contributed by atoms with Gasteiger partial charge in [-0.3, -0.25) is 14.4 Å². The summed E-state index contributed by atoms with van der Waals surface area (Å²) in [6.45, 7) is 13.5. The number of hydrogen-bond acceptors (Lipinski definition) is 25. The lowest BCUT2D eigenvalue weighted by Gasteiger charge is -2.51. The molecular formula is C54H92O25. The standard InChI is InChI=1S/C54H92O25/c1-10-11-17-20-30-21-18-15-13-12-14-16-19-22-32(56)73-45-40(64)53(76-42-27(7)67-50(71-30)38(62)36(42)60)69-28(8)43(45)78-54-47(75-49(66)25(4)5)46(79-52-37(61)34(58)33(57)31(23-55)72-52)44(29(9)70-54)77-51-39(63)35(59)41(26(6)68-51)74-48(65)24(2)3/h24-31,33-47,50-55,57-64H,10-23H2,1-9H3/t26-,27-,28-,29-,30+,31-,33-,34+,35-,36+,37-,38+,39-,40+,41-,42-,43-,44-,45+,46+,47-,50-,51+,52+,53-,54+/m0/s1. The highest BCUT2D eigenvalue weighted by molar-refractivity contribution is 5.72. The van der Waals surface area contributed by atoms with Crippen molar-refractivity contribution < 1.29 is 122 Å². The van der Waals surface area contributed by atoms with Gasteiger partial charge in [0, 0.05) is 6.42 Å². The van der Waals surface area contributed by atoms with Gasteiger partial charge in [-0.2, -0.15) is 0 Å². The van der Waals surface area contributed by atoms with Gasteiger partial charge in [0.05, 0.1) is 49.0 Å². The molecule has 4 bridgehead atoms. The zero-order chi connectivity index (χ0) is 58.0. The molecule has 9 N–H and O–H groups in total. The van der Waals surface area contributed by atoms with Crippen molar-refractivity contribution in [2.45, 2.75) is 305 Å². The number of aliphatic hydroxyl groups is 9. The molecule has 0 unspecified atom stereocenters. The lowest BCUT2D eigenvalue weighted by atomic mass is 9.95. The Kier molecular flexibility index (Phi) is 25.4. The minimum atomic E-state index is -2.01. The zero-order valence-electron chi connectivity index (χ0n) is 47.1. The molecule has 7 aliphatic rings. The average molecular weight is 1140 g/mol. The van der Waals surface area contributed by atoms with Gasteiger partial charge in [0.25, 0.3) is 0 Å². The number of aliphatic hydroxyl groups excluding tert-OH is 9. The van der Waals surface area contributed by atoms with Crippen molar-refractivity contribution in [1.29, 1.82) is 0 Å². The van der Waals surface area contributed by atoms with Crippen LogP contribution < -0.4 is 0 Å². The van der Waals surface area contributed by atoms with E-state index < -0.39 is 190 Å². The van der Waals surface area contributed by atoms with Crippen molar-refractivity contribution in [3.63, 3.8) is 0 Å². The molecule has 0 aliphatic carbocycles. The van der Waals surface area contributed by atoms with Gasteiger partial charge in [-0.15, -0.1) is 0 Å². The summed E-state index contributed by atoms with van der Waals surface area (Å²) in [5.74, 6) is -3.66. The lowest BCUT2D eigenvalue weighted by molar-refractivity contribution is -0.398. The average Bonchev–Trinajstić information content (AvgIpc) is 3.56. The van der Waals surface area contributed by atoms with Crippen molar-refractivity contribution in [3.05, 3.63) is 0 Å². The number of ether oxygens (including phenoxy) is 13. The molecule has 7 fully saturated rings. The van der Waals surface area contributed by atoms with Crippen molar-refractivity contribution in [2.75, 3.05) is 6.61 Å². The van der Waals surface area contributed by atoms with Crippen LogP contribution in [0.2, 0.25) is 0 Å². The van der Waals surface area contributed by atoms with Gasteiger partial charge in [0.1, 0.15) is 79.4 Å². The summed E-state index contributed by atoms with van der Waals surface area (Å²) < 4.78 is 80.3. The zero-order valence-corrected chi connectivity index (χ0v) is 47.1. The van der Waals surface area contributed by atoms with E-state index in [0.29, 0.717) is 12.8 Å². The van der Waals surface area contributed by atoms with Crippen LogP contribution in [0.15, 0.2) is 0 Å². The Morgan fingerprint density at radius 1 is 0.506 bits per heavy atom. The fraction of sp³-hybridized carbons (Fsp3) is 0.944. The summed E-state index contributed by atoms with van der Waals surface area (Å²) >= 11 is 0. The van der Waals surface area contributed by atoms with E-state index in [1.54, 1.807) is 20.8 Å². The monoisotopic (exact) mass is 1140 g/mol. The molecule has 0 spiro atoms. The third-order valence-corrected chi connectivity index (χ3v) is 15.6. The summed E-state index contributed by atoms with van der Waals surface area (Å²) in [5.41, 5.74) is 0. The highest BCUT2D eigenvalue weighted by Crippen LogP contribution is 2.39. The number of carbonyl (C=O) groups excluding carboxylic acids is 3. The fourth-order valence-electron chi connectivity index (χ4n) is 10.7. The van der Waals surface area contributed by atoms with E-state index in [2.05, 4.69) is 6.92 Å². The van der Waals surface area contributed by atoms with E-state index in [9.17, 15) is 60.3 Å². The van der Waals surface area contributed by atoms with Gasteiger partial charge < -0.3 is 108 Å². The molecule has 0 aromatic rings. The summed E-state index contributed by atoms with van der Waals surface area (Å²) in [7, 11) is 0. The van der Waals surface area contributed by atoms with Crippen molar-refractivity contribution >= 4 is 17.9 Å². The molecule has 0 aromatic heterocycles. The van der Waals surface area contributed by atoms with Crippen LogP contribution in [0.25, 0.3) is 0 Å². The molecule has 0 amide bonds. The van der Waals surface area contributed by atoms with E-state index >= 15 is 0 Å². The van der Waals surface area contributed by atoms with Gasteiger partial charge in [0.2, 0.25) is 0 Å². The molecule has 79 heavy (non-hydrogen) atoms. The topological polar surface area (TPSA) is 353 Å². The maximum absolute atomic E-state index is 13.9. The molecule has 7 aliphatic heterocycles. The molecule has 458 valence electrons. The maximum Gasteiger partial charge on any atom is 0.308 e. The summed E-state index contributed by atoms with van der Waals surface area (Å²) in [6, 6.07) is 0. The number of unbranched alkanes of at least 4 members (excludes halogenated alkanes) is 2. The van der Waals surface area contributed by atoms with Gasteiger partial charge in [-0.25, -0.2) is 0 Å². The minimum Gasteiger partial charge on any atom is -0.457 e. The van der Waals surface area contributed by atoms with E-state index in [1.807, 2.05) is 0 Å². The van der Waals surface area contributed by atoms with Gasteiger partial charge >= 0.3 is 17.9 Å². The Hall–Kier alpha value is -2.35. The van der Waals surface area contributed by atoms with Crippen molar-refractivity contribution in [2.24, 2.45) is 11.8 Å². The van der Waals surface area contributed by atoms with Gasteiger partial charge in [-0.05, 0) is 47.0 Å². The van der Waals surface area contributed by atoms with Crippen LogP contribution in [0.1, 0.15) is 146 Å². The first kappa shape index (κ1) is 65.8. The highest BCUT2D eigenvalue weighted by Gasteiger charge is 2.59. The molecular weight excluding hydrogens is 1050 g/mol. The minimum absolute atomic E-state index is 0.0454. The molecule has 0 radical (unpaired) electrons. The number of esters is 3. The van der Waals surface area contributed by atoms with Crippen molar-refractivity contribution in [3.8, 4) is 0 Å². The second-order valence-corrected chi connectivity index (χ2v) is 22.7. The Labute approximate surface area is 462 Å². The van der Waals surface area contributed by atoms with Crippen LogP contribution in [0.3, 0.4) is 0 Å². The van der Waals surface area contributed by atoms with Gasteiger partial charge in [0.15, 0.2) is 49.8 Å². The van der Waals surface area contributed by atoms with E-state index in [1.165, 1.54) is 34.6 Å². The summed E-state index contributed by atoms with van der Waals surface area (Å²) in [5, 5.41) is 101. The maximum atomic E-state index is 13.9. The highest BCUT2D eigenvalue weighted by atomic mass is 16.8. The first-order valence-electron chi connectivity index (χ1n) is 28.7. The van der Waals surface area contributed by atoms with Crippen LogP contribution in [-0.2, 0) is 76.0 Å². The second-order valence-electron chi connectivity index (χ2n) is 22.7. The summed E-state index contributed by atoms with van der Waals surface area (Å²) in [4.78, 5) is 40.3. The molecule has 26 atom stereocenters. The Bertz CT molecular complexity index is 1860. The quantitative estimate of drug-likeness (QED) is 0.0617. The smallest absolute Gasteiger partial charge is 0.308 e. The molecule has 7 rings (SSSR count). The molecule has 7 heterocycles. The Morgan fingerprint density at radius 2 is 1.04 bits per heavy atom. The fourth-order valence-corrected chi connectivity index (χ4v) is 10.7. The molecule has 25 heteroatoms. The third-order valence-electron chi connectivity index (χ3n) is 15.6. The Balaban J connectivity index is 1.33. The SMILES string of the molecule is CCCCC[C@@H]1CCCCCCCCCC(=O)O[C@@H]2[C@@H](O)[C@H](O[C@@H]3[C@H](O)[C@@H](O)[C@H](O1)O[C@H]3C)O[C@@H](C)[C@@H]2O[C@H]1O[C@@H](C)[C@H](O[C@H]2O[C@@H](C)[C@H](OC(=O)C(C)C)[C@@H](O)[C@@H]2O)[C@@H](O[C@H]2O[C@@H](CO)[C@H](O)[C@@H](O)[C@@H]2O)[C@@H]1OC(=O)C(C)C. The first-order valence-corrected chi connectivity index (χ1v) is 28.7. The third kappa shape index (κ3) is 16.7. The first-order chi connectivity index (χ1) is 37.5. The number of hydrogen-bond donors (Lipinski definition) is 9. The normalized spacial score (nSPS) is 44.4. The van der Waals surface area contributed by atoms with Crippen LogP contribution in [0.5, 0.6) is 0 Å². The second kappa shape index (κ2) is 30.5. The van der Waals surface area contributed by atoms with Crippen LogP contribution in [0.4, 0.5) is 0 Å². The molecule has 0 saturated carbocycles. The van der Waals surface area contributed by atoms with E-state index in [4.69, 9.17) is 61.6 Å². The van der Waals surface area contributed by atoms with Crippen molar-refractivity contribution in [1.82, 2.24) is 0 Å². The number of carbonyl (C=O) groups is 3. The number of rotatable bonds is 15. The predicted octanol–water partition coefficient (Wildman–Crippen LogP) is 0.648. The van der Waals surface area contributed by atoms with Crippen LogP contribution in [-0.4, -0.2) is 230 Å². The molecule has 7 saturated heterocycles. The molecule has 0 aromatic carbocycles. The van der Waals surface area contributed by atoms with E-state index in [0.717, 1.165) is 64.2 Å². The van der Waals surface area contributed by atoms with E-state index in [-0.39, 0.29) is 12.5 Å². The molecule has 25 nitrogen and oxygen atoms in total. The predicted molar refractivity (Wildman–Crippen MR) is 271 cm³/mol. The van der Waals surface area contributed by atoms with Crippen LogP contribution >= 0.6 is 0 Å². The number of fused-ring (bicyclic) bond motifs is 14. The largest absolute Gasteiger partial charge is 0.457 e. The lowest BCUT2D eigenvalue weighted by Crippen LogP contribution is -2.68. The van der Waals surface area contributed by atoms with Gasteiger partial charge in [-0.1, -0.05) is 92.4 Å². The Morgan fingerprint density at radius 3 is 1.68 bits per heavy atom. The summed E-state index contributed by atoms with van der Waals surface area (Å²) in [6.07, 6.45) is -29.6. The van der Waals surface area contributed by atoms with Crippen LogP contribution in [0, 0.1) is 11.8 Å².